The van der Waals surface area contributed by atoms with Gasteiger partial charge in [0.1, 0.15) is 11.6 Å². The van der Waals surface area contributed by atoms with Crippen molar-refractivity contribution < 1.29 is 4.74 Å². The number of aromatic nitrogens is 2. The van der Waals surface area contributed by atoms with E-state index in [-0.39, 0.29) is 5.41 Å². The minimum atomic E-state index is -0.0764. The van der Waals surface area contributed by atoms with Crippen molar-refractivity contribution in [2.24, 2.45) is 0 Å². The fourth-order valence-electron chi connectivity index (χ4n) is 1.63. The fraction of sp³-hybridized carbons (Fsp3) is 0.733. The first kappa shape index (κ1) is 15.7. The molecule has 4 nitrogen and oxygen atoms in total. The molecule has 1 heterocycles. The molecule has 0 atom stereocenters. The Morgan fingerprint density at radius 1 is 1.16 bits per heavy atom. The van der Waals surface area contributed by atoms with Gasteiger partial charge in [-0.1, -0.05) is 40.5 Å². The van der Waals surface area contributed by atoms with Gasteiger partial charge in [-0.3, -0.25) is 0 Å². The van der Waals surface area contributed by atoms with Gasteiger partial charge in [-0.05, 0) is 13.3 Å². The fourth-order valence-corrected chi connectivity index (χ4v) is 1.63. The van der Waals surface area contributed by atoms with Crippen LogP contribution in [0.2, 0.25) is 0 Å². The van der Waals surface area contributed by atoms with E-state index in [0.29, 0.717) is 5.88 Å². The highest BCUT2D eigenvalue weighted by Crippen LogP contribution is 2.23. The van der Waals surface area contributed by atoms with Gasteiger partial charge in [-0.25, -0.2) is 4.98 Å². The molecule has 0 saturated heterocycles. The molecule has 1 N–H and O–H groups in total. The van der Waals surface area contributed by atoms with Crippen molar-refractivity contribution in [1.82, 2.24) is 9.97 Å². The SMILES string of the molecule is CCCCCOc1cc(NCC)nc(C(C)(C)C)n1. The molecule has 19 heavy (non-hydrogen) atoms. The molecule has 1 aromatic heterocycles. The van der Waals surface area contributed by atoms with Crippen molar-refractivity contribution in [2.75, 3.05) is 18.5 Å². The lowest BCUT2D eigenvalue weighted by Gasteiger charge is -2.18. The maximum Gasteiger partial charge on any atom is 0.218 e. The van der Waals surface area contributed by atoms with Crippen molar-refractivity contribution in [1.29, 1.82) is 0 Å². The van der Waals surface area contributed by atoms with Gasteiger partial charge in [-0.2, -0.15) is 4.98 Å². The molecular formula is C15H27N3O. The average molecular weight is 265 g/mol. The van der Waals surface area contributed by atoms with Crippen molar-refractivity contribution >= 4 is 5.82 Å². The van der Waals surface area contributed by atoms with Crippen molar-refractivity contribution in [3.63, 3.8) is 0 Å². The van der Waals surface area contributed by atoms with Crippen LogP contribution >= 0.6 is 0 Å². The van der Waals surface area contributed by atoms with Crippen LogP contribution in [-0.2, 0) is 5.41 Å². The van der Waals surface area contributed by atoms with Gasteiger partial charge in [0, 0.05) is 18.0 Å². The summed E-state index contributed by atoms with van der Waals surface area (Å²) in [7, 11) is 0. The molecule has 0 saturated carbocycles. The Labute approximate surface area is 117 Å². The van der Waals surface area contributed by atoms with Crippen molar-refractivity contribution in [3.05, 3.63) is 11.9 Å². The lowest BCUT2D eigenvalue weighted by molar-refractivity contribution is 0.291. The number of anilines is 1. The molecule has 0 aromatic carbocycles. The number of rotatable bonds is 7. The Kier molecular flexibility index (Phi) is 6.06. The van der Waals surface area contributed by atoms with Crippen LogP contribution in [0.15, 0.2) is 6.07 Å². The molecular weight excluding hydrogens is 238 g/mol. The van der Waals surface area contributed by atoms with E-state index in [2.05, 4.69) is 49.9 Å². The number of ether oxygens (including phenoxy) is 1. The molecule has 0 bridgehead atoms. The van der Waals surface area contributed by atoms with E-state index >= 15 is 0 Å². The van der Waals surface area contributed by atoms with Crippen molar-refractivity contribution in [3.8, 4) is 5.88 Å². The number of hydrogen-bond acceptors (Lipinski definition) is 4. The number of hydrogen-bond donors (Lipinski definition) is 1. The van der Waals surface area contributed by atoms with E-state index in [1.807, 2.05) is 6.07 Å². The number of nitrogens with zero attached hydrogens (tertiary/aromatic N) is 2. The topological polar surface area (TPSA) is 47.0 Å². The van der Waals surface area contributed by atoms with Crippen molar-refractivity contribution in [2.45, 2.75) is 59.3 Å². The smallest absolute Gasteiger partial charge is 0.218 e. The van der Waals surface area contributed by atoms with E-state index in [9.17, 15) is 0 Å². The second-order valence-electron chi connectivity index (χ2n) is 5.75. The van der Waals surface area contributed by atoms with Crippen LogP contribution in [0.1, 0.15) is 59.7 Å². The average Bonchev–Trinajstić information content (AvgIpc) is 2.34. The lowest BCUT2D eigenvalue weighted by atomic mass is 9.96. The molecule has 4 heteroatoms. The summed E-state index contributed by atoms with van der Waals surface area (Å²) in [6.07, 6.45) is 3.46. The van der Waals surface area contributed by atoms with E-state index in [1.54, 1.807) is 0 Å². The van der Waals surface area contributed by atoms with Gasteiger partial charge in [0.05, 0.1) is 6.61 Å². The van der Waals surface area contributed by atoms with E-state index in [1.165, 1.54) is 12.8 Å². The Morgan fingerprint density at radius 3 is 2.47 bits per heavy atom. The molecule has 108 valence electrons. The number of nitrogens with one attached hydrogen (secondary N) is 1. The molecule has 1 rings (SSSR count). The molecule has 0 amide bonds. The quantitative estimate of drug-likeness (QED) is 0.762. The maximum absolute atomic E-state index is 5.74. The first-order chi connectivity index (χ1) is 8.97. The van der Waals surface area contributed by atoms with Crippen LogP contribution in [0.4, 0.5) is 5.82 Å². The lowest BCUT2D eigenvalue weighted by Crippen LogP contribution is -2.18. The van der Waals surface area contributed by atoms with Crippen LogP contribution < -0.4 is 10.1 Å². The van der Waals surface area contributed by atoms with Gasteiger partial charge in [0.2, 0.25) is 5.88 Å². The highest BCUT2D eigenvalue weighted by Gasteiger charge is 2.19. The highest BCUT2D eigenvalue weighted by atomic mass is 16.5. The summed E-state index contributed by atoms with van der Waals surface area (Å²) in [6, 6.07) is 1.88. The van der Waals surface area contributed by atoms with Crippen LogP contribution in [0, 0.1) is 0 Å². The minimum absolute atomic E-state index is 0.0764. The first-order valence-electron chi connectivity index (χ1n) is 7.23. The van der Waals surface area contributed by atoms with Crippen LogP contribution in [0.25, 0.3) is 0 Å². The Balaban J connectivity index is 2.81. The third-order valence-electron chi connectivity index (χ3n) is 2.73. The number of unbranched alkanes of at least 4 members (excludes halogenated alkanes) is 2. The zero-order chi connectivity index (χ0) is 14.3. The normalized spacial score (nSPS) is 11.4. The third-order valence-corrected chi connectivity index (χ3v) is 2.73. The van der Waals surface area contributed by atoms with Crippen LogP contribution in [0.5, 0.6) is 5.88 Å². The second-order valence-corrected chi connectivity index (χ2v) is 5.75. The summed E-state index contributed by atoms with van der Waals surface area (Å²) < 4.78 is 5.74. The Morgan fingerprint density at radius 2 is 1.89 bits per heavy atom. The van der Waals surface area contributed by atoms with Gasteiger partial charge in [0.15, 0.2) is 0 Å². The van der Waals surface area contributed by atoms with Gasteiger partial charge in [0.25, 0.3) is 0 Å². The third kappa shape index (κ3) is 5.45. The molecule has 0 fully saturated rings. The summed E-state index contributed by atoms with van der Waals surface area (Å²) in [5.41, 5.74) is -0.0764. The standard InChI is InChI=1S/C15H27N3O/c1-6-8-9-10-19-13-11-12(16-7-2)17-14(18-13)15(3,4)5/h11H,6-10H2,1-5H3,(H,16,17,18). The molecule has 0 unspecified atom stereocenters. The summed E-state index contributed by atoms with van der Waals surface area (Å²) >= 11 is 0. The minimum Gasteiger partial charge on any atom is -0.478 e. The Hall–Kier alpha value is -1.32. The first-order valence-corrected chi connectivity index (χ1v) is 7.23. The monoisotopic (exact) mass is 265 g/mol. The molecule has 0 radical (unpaired) electrons. The molecule has 0 aliphatic heterocycles. The van der Waals surface area contributed by atoms with E-state index in [4.69, 9.17) is 4.74 Å². The van der Waals surface area contributed by atoms with Gasteiger partial charge in [-0.15, -0.1) is 0 Å². The predicted octanol–water partition coefficient (Wildman–Crippen LogP) is 3.77. The molecule has 1 aromatic rings. The summed E-state index contributed by atoms with van der Waals surface area (Å²) in [6.45, 7) is 12.1. The summed E-state index contributed by atoms with van der Waals surface area (Å²) in [4.78, 5) is 9.05. The van der Waals surface area contributed by atoms with Crippen LogP contribution in [-0.4, -0.2) is 23.1 Å². The van der Waals surface area contributed by atoms with E-state index in [0.717, 1.165) is 31.2 Å². The van der Waals surface area contributed by atoms with E-state index < -0.39 is 0 Å². The predicted molar refractivity (Wildman–Crippen MR) is 79.9 cm³/mol. The molecule has 0 aliphatic rings. The summed E-state index contributed by atoms with van der Waals surface area (Å²) in [5, 5.41) is 3.23. The summed E-state index contributed by atoms with van der Waals surface area (Å²) in [5.74, 6) is 2.33. The van der Waals surface area contributed by atoms with Gasteiger partial charge >= 0.3 is 0 Å². The molecule has 0 spiro atoms. The zero-order valence-corrected chi connectivity index (χ0v) is 12.9. The maximum atomic E-state index is 5.74. The highest BCUT2D eigenvalue weighted by molar-refractivity contribution is 5.39. The second kappa shape index (κ2) is 7.31. The van der Waals surface area contributed by atoms with Crippen LogP contribution in [0.3, 0.4) is 0 Å². The largest absolute Gasteiger partial charge is 0.478 e. The Bertz CT molecular complexity index is 385. The molecule has 0 aliphatic carbocycles. The zero-order valence-electron chi connectivity index (χ0n) is 12.9. The van der Waals surface area contributed by atoms with Gasteiger partial charge < -0.3 is 10.1 Å².